The zero-order chi connectivity index (χ0) is 21.5. The fraction of sp³-hybridized carbons (Fsp3) is 0.542. The highest BCUT2D eigenvalue weighted by molar-refractivity contribution is 5.86. The van der Waals surface area contributed by atoms with Crippen molar-refractivity contribution in [1.82, 2.24) is 30.4 Å². The molecule has 4 rings (SSSR count). The fourth-order valence-corrected chi connectivity index (χ4v) is 4.39. The van der Waals surface area contributed by atoms with E-state index in [1.165, 1.54) is 47.1 Å². The van der Waals surface area contributed by atoms with Crippen LogP contribution in [0, 0.1) is 6.92 Å². The van der Waals surface area contributed by atoms with E-state index in [0.29, 0.717) is 0 Å². The van der Waals surface area contributed by atoms with Crippen LogP contribution in [-0.4, -0.2) is 45.3 Å². The molecule has 0 bridgehead atoms. The Morgan fingerprint density at radius 1 is 1.16 bits per heavy atom. The normalized spacial score (nSPS) is 14.5. The molecule has 1 aliphatic heterocycles. The number of rotatable bonds is 8. The Hall–Kier alpha value is -2.83. The van der Waals surface area contributed by atoms with Gasteiger partial charge in [-0.1, -0.05) is 24.6 Å². The van der Waals surface area contributed by atoms with Gasteiger partial charge < -0.3 is 20.2 Å². The van der Waals surface area contributed by atoms with Gasteiger partial charge in [-0.2, -0.15) is 0 Å². The maximum absolute atomic E-state index is 4.77. The van der Waals surface area contributed by atoms with E-state index in [1.54, 1.807) is 0 Å². The van der Waals surface area contributed by atoms with Crippen LogP contribution in [0.25, 0.3) is 10.9 Å². The van der Waals surface area contributed by atoms with Crippen molar-refractivity contribution in [2.75, 3.05) is 19.6 Å². The molecule has 0 unspecified atom stereocenters. The first-order chi connectivity index (χ1) is 15.3. The number of guanidine groups is 1. The maximum atomic E-state index is 4.77. The van der Waals surface area contributed by atoms with E-state index < -0.39 is 0 Å². The van der Waals surface area contributed by atoms with Crippen molar-refractivity contribution in [2.45, 2.75) is 65.3 Å². The third-order valence-corrected chi connectivity index (χ3v) is 6.06. The lowest BCUT2D eigenvalue weighted by Crippen LogP contribution is -2.38. The van der Waals surface area contributed by atoms with Crippen LogP contribution >= 0.6 is 0 Å². The molecule has 3 N–H and O–H groups in total. The van der Waals surface area contributed by atoms with Crippen molar-refractivity contribution in [2.24, 2.45) is 4.99 Å². The standard InChI is InChI=1S/C24H35N7/c1-3-25-24(27-15-13-19-17-28-23-18(2)9-7-10-20(19)23)26-14-8-12-22-30-29-21-11-5-4-6-16-31(21)22/h7,9-10,17,28H,3-6,8,11-16H2,1-2H3,(H2,25,26,27). The summed E-state index contributed by atoms with van der Waals surface area (Å²) in [5.41, 5.74) is 3.87. The Morgan fingerprint density at radius 2 is 2.10 bits per heavy atom. The van der Waals surface area contributed by atoms with E-state index >= 15 is 0 Å². The van der Waals surface area contributed by atoms with E-state index in [0.717, 1.165) is 63.6 Å². The lowest BCUT2D eigenvalue weighted by Gasteiger charge is -2.11. The SMILES string of the molecule is CCNC(=NCCCc1nnc2n1CCCCC2)NCCc1c[nH]c2c(C)cccc12. The van der Waals surface area contributed by atoms with Crippen LogP contribution in [-0.2, 0) is 25.8 Å². The van der Waals surface area contributed by atoms with Crippen molar-refractivity contribution in [3.63, 3.8) is 0 Å². The monoisotopic (exact) mass is 421 g/mol. The minimum atomic E-state index is 0.782. The molecule has 0 atom stereocenters. The van der Waals surface area contributed by atoms with Crippen LogP contribution in [0.1, 0.15) is 55.4 Å². The van der Waals surface area contributed by atoms with Gasteiger partial charge in [0, 0.05) is 56.1 Å². The number of fused-ring (bicyclic) bond motifs is 2. The summed E-state index contributed by atoms with van der Waals surface area (Å²) in [6.45, 7) is 7.81. The van der Waals surface area contributed by atoms with Crippen LogP contribution in [0.2, 0.25) is 0 Å². The van der Waals surface area contributed by atoms with Crippen molar-refractivity contribution < 1.29 is 0 Å². The van der Waals surface area contributed by atoms with Crippen LogP contribution in [0.3, 0.4) is 0 Å². The predicted molar refractivity (Wildman–Crippen MR) is 127 cm³/mol. The number of aliphatic imine (C=N–C) groups is 1. The molecule has 0 radical (unpaired) electrons. The van der Waals surface area contributed by atoms with Gasteiger partial charge in [0.15, 0.2) is 5.96 Å². The molecule has 3 aromatic rings. The first kappa shape index (κ1) is 21.4. The molecule has 2 aromatic heterocycles. The summed E-state index contributed by atoms with van der Waals surface area (Å²) in [6.07, 6.45) is 9.84. The van der Waals surface area contributed by atoms with E-state index in [4.69, 9.17) is 4.99 Å². The molecule has 0 fully saturated rings. The van der Waals surface area contributed by atoms with Gasteiger partial charge >= 0.3 is 0 Å². The van der Waals surface area contributed by atoms with E-state index in [-0.39, 0.29) is 0 Å². The van der Waals surface area contributed by atoms with Crippen molar-refractivity contribution in [3.05, 3.63) is 47.2 Å². The first-order valence-electron chi connectivity index (χ1n) is 11.7. The van der Waals surface area contributed by atoms with E-state index in [2.05, 4.69) is 68.6 Å². The Bertz CT molecular complexity index is 1010. The minimum Gasteiger partial charge on any atom is -0.361 e. The average Bonchev–Trinajstić information content (AvgIpc) is 3.28. The molecule has 0 saturated heterocycles. The highest BCUT2D eigenvalue weighted by Gasteiger charge is 2.14. The molecule has 7 nitrogen and oxygen atoms in total. The summed E-state index contributed by atoms with van der Waals surface area (Å²) >= 11 is 0. The Kier molecular flexibility index (Phi) is 7.22. The van der Waals surface area contributed by atoms with Crippen molar-refractivity contribution in [3.8, 4) is 0 Å². The van der Waals surface area contributed by atoms with Crippen LogP contribution < -0.4 is 10.6 Å². The predicted octanol–water partition coefficient (Wildman–Crippen LogP) is 3.52. The second kappa shape index (κ2) is 10.5. The van der Waals surface area contributed by atoms with Gasteiger partial charge in [-0.05, 0) is 50.7 Å². The smallest absolute Gasteiger partial charge is 0.191 e. The van der Waals surface area contributed by atoms with Gasteiger partial charge in [0.1, 0.15) is 11.6 Å². The Morgan fingerprint density at radius 3 is 3.00 bits per heavy atom. The highest BCUT2D eigenvalue weighted by atomic mass is 15.3. The molecule has 0 saturated carbocycles. The van der Waals surface area contributed by atoms with Gasteiger partial charge in [0.05, 0.1) is 0 Å². The second-order valence-corrected chi connectivity index (χ2v) is 8.35. The van der Waals surface area contributed by atoms with E-state index in [9.17, 15) is 0 Å². The zero-order valence-electron chi connectivity index (χ0n) is 18.9. The summed E-state index contributed by atoms with van der Waals surface area (Å²) in [4.78, 5) is 8.18. The summed E-state index contributed by atoms with van der Waals surface area (Å²) in [5.74, 6) is 3.18. The maximum Gasteiger partial charge on any atom is 0.191 e. The Labute approximate surface area is 184 Å². The van der Waals surface area contributed by atoms with Crippen LogP contribution in [0.4, 0.5) is 0 Å². The number of aromatic amines is 1. The highest BCUT2D eigenvalue weighted by Crippen LogP contribution is 2.21. The van der Waals surface area contributed by atoms with Gasteiger partial charge in [0.25, 0.3) is 0 Å². The number of aryl methyl sites for hydroxylation is 3. The number of H-pyrrole nitrogens is 1. The largest absolute Gasteiger partial charge is 0.361 e. The number of hydrogen-bond donors (Lipinski definition) is 3. The molecule has 31 heavy (non-hydrogen) atoms. The average molecular weight is 422 g/mol. The second-order valence-electron chi connectivity index (χ2n) is 8.35. The van der Waals surface area contributed by atoms with Gasteiger partial charge in [0.2, 0.25) is 0 Å². The fourth-order valence-electron chi connectivity index (χ4n) is 4.39. The third kappa shape index (κ3) is 5.27. The summed E-state index contributed by atoms with van der Waals surface area (Å²) in [6, 6.07) is 6.47. The van der Waals surface area contributed by atoms with Crippen LogP contribution in [0.5, 0.6) is 0 Å². The topological polar surface area (TPSA) is 82.9 Å². The van der Waals surface area contributed by atoms with Crippen molar-refractivity contribution in [1.29, 1.82) is 0 Å². The quantitative estimate of drug-likeness (QED) is 0.295. The molecule has 0 spiro atoms. The van der Waals surface area contributed by atoms with Gasteiger partial charge in [-0.15, -0.1) is 10.2 Å². The molecule has 7 heteroatoms. The lowest BCUT2D eigenvalue weighted by molar-refractivity contribution is 0.597. The van der Waals surface area contributed by atoms with Gasteiger partial charge in [-0.3, -0.25) is 4.99 Å². The molecular weight excluding hydrogens is 386 g/mol. The molecule has 1 aromatic carbocycles. The minimum absolute atomic E-state index is 0.782. The first-order valence-corrected chi connectivity index (χ1v) is 11.7. The third-order valence-electron chi connectivity index (χ3n) is 6.06. The summed E-state index contributed by atoms with van der Waals surface area (Å²) in [7, 11) is 0. The molecule has 0 amide bonds. The van der Waals surface area contributed by atoms with Gasteiger partial charge in [-0.25, -0.2) is 0 Å². The van der Waals surface area contributed by atoms with Crippen molar-refractivity contribution >= 4 is 16.9 Å². The molecule has 3 heterocycles. The molecule has 0 aliphatic carbocycles. The zero-order valence-corrected chi connectivity index (χ0v) is 18.9. The van der Waals surface area contributed by atoms with E-state index in [1.807, 2.05) is 0 Å². The number of benzene rings is 1. The number of nitrogens with one attached hydrogen (secondary N) is 3. The molecule has 1 aliphatic rings. The molecule has 166 valence electrons. The summed E-state index contributed by atoms with van der Waals surface area (Å²) in [5, 5.41) is 17.0. The molecular formula is C24H35N7. The number of nitrogens with zero attached hydrogens (tertiary/aromatic N) is 4. The lowest BCUT2D eigenvalue weighted by atomic mass is 10.1. The number of para-hydroxylation sites is 1. The number of aromatic nitrogens is 4. The number of hydrogen-bond acceptors (Lipinski definition) is 3. The summed E-state index contributed by atoms with van der Waals surface area (Å²) < 4.78 is 2.34. The van der Waals surface area contributed by atoms with Crippen LogP contribution in [0.15, 0.2) is 29.4 Å². The Balaban J connectivity index is 1.27.